The molecule has 100 heavy (non-hydrogen) atoms. The van der Waals surface area contributed by atoms with Gasteiger partial charge in [0, 0.05) is 91.5 Å². The molecule has 4 aliphatic rings. The molecule has 0 spiro atoms. The molecule has 0 unspecified atom stereocenters. The van der Waals surface area contributed by atoms with Gasteiger partial charge in [0.05, 0.1) is 0 Å². The molecule has 468 valence electrons. The quantitative estimate of drug-likeness (QED) is 0.149. The highest BCUT2D eigenvalue weighted by molar-refractivity contribution is 7.27. The predicted octanol–water partition coefficient (Wildman–Crippen LogP) is 28.1. The molecule has 4 heterocycles. The van der Waals surface area contributed by atoms with Crippen molar-refractivity contribution in [2.75, 3.05) is 0 Å². The van der Waals surface area contributed by atoms with Gasteiger partial charge in [-0.25, -0.2) is 0 Å². The maximum atomic E-state index is 2.67. The summed E-state index contributed by atoms with van der Waals surface area (Å²) in [6.45, 7) is 9.94. The fraction of sp³-hybridized carbons (Fsp3) is 0.0625. The molecule has 0 bridgehead atoms. The van der Waals surface area contributed by atoms with Crippen molar-refractivity contribution in [3.8, 4) is 55.6 Å². The van der Waals surface area contributed by atoms with Crippen LogP contribution in [0.4, 0.5) is 0 Å². The van der Waals surface area contributed by atoms with Crippen molar-refractivity contribution in [1.82, 2.24) is 0 Å². The highest BCUT2D eigenvalue weighted by atomic mass is 32.1. The molecule has 4 heteroatoms. The van der Waals surface area contributed by atoms with Crippen molar-refractivity contribution < 1.29 is 0 Å². The number of rotatable bonds is 7. The third kappa shape index (κ3) is 7.96. The second kappa shape index (κ2) is 20.9. The summed E-state index contributed by atoms with van der Waals surface area (Å²) in [5, 5.41) is 10.4. The van der Waals surface area contributed by atoms with Crippen LogP contribution in [0.5, 0.6) is 0 Å². The molecule has 0 nitrogen and oxygen atoms in total. The van der Waals surface area contributed by atoms with Crippen LogP contribution >= 0.6 is 45.3 Å². The summed E-state index contributed by atoms with van der Waals surface area (Å²) in [6.07, 6.45) is 0. The molecule has 18 aromatic rings. The van der Waals surface area contributed by atoms with Gasteiger partial charge in [-0.05, 0) is 224 Å². The minimum absolute atomic E-state index is 0.339. The Bertz CT molecular complexity index is 6820. The van der Waals surface area contributed by atoms with E-state index in [4.69, 9.17) is 0 Å². The minimum Gasteiger partial charge on any atom is -0.135 e. The third-order valence-electron chi connectivity index (χ3n) is 22.8. The standard InChI is InChI=1S/C96H60S4/c1-95(2)77-31-13-8-22-59(77)66-27-18-30-69(93(66)95)90-87(57-39-44-83-73(47-57)62-25-11-16-34-81(62)97-83)88(58-40-45-84-74(48-58)63-26-12-17-35-82(63)98-84)92-89(68-29-19-28-67-72-46-54(53-20-6-5-7-21-53)38-43-78(72)96(3,4)94(67)68)75-51-70(55-36-41-64-60-23-9-14-32-79(60)99-85(64)49-55)71(52-76(75)91(90)92)56-37-42-65-61-24-10-15-33-80(61)100-86(65)50-56/h5-52H,1-4H3. The maximum Gasteiger partial charge on any atom is 0.0361 e. The number of fused-ring (bicyclic) bond motifs is 21. The monoisotopic (exact) mass is 1340 g/mol. The number of hydrogen-bond donors (Lipinski definition) is 0. The summed E-state index contributed by atoms with van der Waals surface area (Å²) < 4.78 is 10.4. The fourth-order valence-corrected chi connectivity index (χ4v) is 22.9. The Balaban J connectivity index is 0.931. The first-order chi connectivity index (χ1) is 49.1. The normalized spacial score (nSPS) is 14.8. The molecule has 4 aliphatic carbocycles. The molecule has 0 amide bonds. The third-order valence-corrected chi connectivity index (χ3v) is 27.4. The van der Waals surface area contributed by atoms with E-state index in [-0.39, 0.29) is 10.8 Å². The van der Waals surface area contributed by atoms with E-state index in [1.807, 2.05) is 45.3 Å². The first-order valence-electron chi connectivity index (χ1n) is 34.8. The lowest BCUT2D eigenvalue weighted by Gasteiger charge is -2.27. The Hall–Kier alpha value is -10.8. The summed E-state index contributed by atoms with van der Waals surface area (Å²) in [6, 6.07) is 113. The Morgan fingerprint density at radius 2 is 0.560 bits per heavy atom. The van der Waals surface area contributed by atoms with E-state index in [0.29, 0.717) is 0 Å². The lowest BCUT2D eigenvalue weighted by atomic mass is 9.76. The summed E-state index contributed by atoms with van der Waals surface area (Å²) >= 11 is 7.60. The molecule has 0 saturated heterocycles. The van der Waals surface area contributed by atoms with Crippen molar-refractivity contribution in [3.05, 3.63) is 352 Å². The Labute approximate surface area is 595 Å². The van der Waals surface area contributed by atoms with Crippen LogP contribution in [-0.2, 0) is 10.8 Å². The van der Waals surface area contributed by atoms with E-state index in [9.17, 15) is 0 Å². The van der Waals surface area contributed by atoms with E-state index in [2.05, 4.69) is 319 Å². The number of thiophene rings is 4. The van der Waals surface area contributed by atoms with Crippen LogP contribution in [0, 0.1) is 0 Å². The first-order valence-corrected chi connectivity index (χ1v) is 38.0. The molecular weight excluding hydrogens is 1280 g/mol. The van der Waals surface area contributed by atoms with E-state index in [1.165, 1.54) is 225 Å². The van der Waals surface area contributed by atoms with E-state index in [0.717, 1.165) is 0 Å². The van der Waals surface area contributed by atoms with Gasteiger partial charge in [-0.2, -0.15) is 0 Å². The molecule has 0 atom stereocenters. The summed E-state index contributed by atoms with van der Waals surface area (Å²) in [5.74, 6) is 0. The fourth-order valence-electron chi connectivity index (χ4n) is 18.4. The molecule has 0 fully saturated rings. The zero-order valence-corrected chi connectivity index (χ0v) is 58.6. The Kier molecular flexibility index (Phi) is 11.9. The smallest absolute Gasteiger partial charge is 0.0361 e. The lowest BCUT2D eigenvalue weighted by molar-refractivity contribution is 0.658. The van der Waals surface area contributed by atoms with Crippen LogP contribution in [0.15, 0.2) is 297 Å². The average Bonchev–Trinajstić information content (AvgIpc) is 1.52. The van der Waals surface area contributed by atoms with Gasteiger partial charge in [0.25, 0.3) is 0 Å². The average molecular weight is 1340 g/mol. The molecule has 14 aromatic carbocycles. The number of hydrogen-bond acceptors (Lipinski definition) is 4. The van der Waals surface area contributed by atoms with Gasteiger partial charge in [0.1, 0.15) is 0 Å². The summed E-state index contributed by atoms with van der Waals surface area (Å²) in [4.78, 5) is 0. The maximum absolute atomic E-state index is 2.67. The van der Waals surface area contributed by atoms with Crippen LogP contribution < -0.4 is 0 Å². The molecule has 0 saturated carbocycles. The van der Waals surface area contributed by atoms with Crippen molar-refractivity contribution in [2.45, 2.75) is 38.5 Å². The highest BCUT2D eigenvalue weighted by Gasteiger charge is 2.47. The SMILES string of the molecule is CC1(C)c2ccccc2-c2cccc(C3=C4C(=C(c5cccc6c5C(C)(C)c5ccc(-c7ccccc7)cc5-6)c5cc(-c6ccc7c(c6)sc6ccccc67)c(-c6ccc7c(c6)sc6ccccc67)cc54)C(c4ccc5sc6ccccc6c5c4)=C3c3ccc4sc5ccccc5c4c3)c21. The van der Waals surface area contributed by atoms with Gasteiger partial charge in [-0.15, -0.1) is 45.3 Å². The number of allylic oxidation sites excluding steroid dienone is 5. The van der Waals surface area contributed by atoms with Crippen molar-refractivity contribution in [3.63, 3.8) is 0 Å². The van der Waals surface area contributed by atoms with Gasteiger partial charge in [-0.3, -0.25) is 0 Å². The van der Waals surface area contributed by atoms with Crippen molar-refractivity contribution in [2.24, 2.45) is 0 Å². The van der Waals surface area contributed by atoms with Crippen molar-refractivity contribution >= 4 is 154 Å². The number of benzene rings is 14. The zero-order chi connectivity index (χ0) is 66.0. The largest absolute Gasteiger partial charge is 0.135 e. The second-order valence-electron chi connectivity index (χ2n) is 28.8. The van der Waals surface area contributed by atoms with Gasteiger partial charge in [0.2, 0.25) is 0 Å². The van der Waals surface area contributed by atoms with Gasteiger partial charge in [-0.1, -0.05) is 240 Å². The first kappa shape index (κ1) is 57.1. The van der Waals surface area contributed by atoms with Crippen LogP contribution in [-0.4, -0.2) is 0 Å². The molecule has 0 aliphatic heterocycles. The van der Waals surface area contributed by atoms with Crippen LogP contribution in [0.3, 0.4) is 0 Å². The Morgan fingerprint density at radius 3 is 1.12 bits per heavy atom. The topological polar surface area (TPSA) is 0 Å². The van der Waals surface area contributed by atoms with E-state index < -0.39 is 0 Å². The van der Waals surface area contributed by atoms with Crippen LogP contribution in [0.1, 0.15) is 83.3 Å². The molecule has 0 N–H and O–H groups in total. The minimum atomic E-state index is -0.380. The molecular formula is C96H60S4. The van der Waals surface area contributed by atoms with E-state index in [1.54, 1.807) is 0 Å². The predicted molar refractivity (Wildman–Crippen MR) is 435 cm³/mol. The van der Waals surface area contributed by atoms with Gasteiger partial charge in [0.15, 0.2) is 0 Å². The van der Waals surface area contributed by atoms with Crippen LogP contribution in [0.2, 0.25) is 0 Å². The molecule has 22 rings (SSSR count). The van der Waals surface area contributed by atoms with Crippen LogP contribution in [0.25, 0.3) is 164 Å². The lowest BCUT2D eigenvalue weighted by Crippen LogP contribution is -2.17. The van der Waals surface area contributed by atoms with Crippen molar-refractivity contribution in [1.29, 1.82) is 0 Å². The van der Waals surface area contributed by atoms with E-state index >= 15 is 0 Å². The highest BCUT2D eigenvalue weighted by Crippen LogP contribution is 2.67. The van der Waals surface area contributed by atoms with Gasteiger partial charge >= 0.3 is 0 Å². The zero-order valence-electron chi connectivity index (χ0n) is 55.3. The second-order valence-corrected chi connectivity index (χ2v) is 33.1. The molecule has 0 radical (unpaired) electrons. The Morgan fingerprint density at radius 1 is 0.180 bits per heavy atom. The summed E-state index contributed by atoms with van der Waals surface area (Å²) in [5.41, 5.74) is 32.6. The summed E-state index contributed by atoms with van der Waals surface area (Å²) in [7, 11) is 0. The van der Waals surface area contributed by atoms with Gasteiger partial charge < -0.3 is 0 Å². The molecule has 4 aromatic heterocycles.